The van der Waals surface area contributed by atoms with E-state index in [1.54, 1.807) is 7.05 Å². The summed E-state index contributed by atoms with van der Waals surface area (Å²) in [5, 5.41) is 11.3. The summed E-state index contributed by atoms with van der Waals surface area (Å²) >= 11 is 0. The lowest BCUT2D eigenvalue weighted by Crippen LogP contribution is -2.15. The van der Waals surface area contributed by atoms with Gasteiger partial charge in [0, 0.05) is 19.2 Å². The fourth-order valence-electron chi connectivity index (χ4n) is 1.09. The van der Waals surface area contributed by atoms with Gasteiger partial charge in [-0.2, -0.15) is 0 Å². The van der Waals surface area contributed by atoms with Crippen LogP contribution in [-0.4, -0.2) is 12.9 Å². The van der Waals surface area contributed by atoms with E-state index < -0.39 is 0 Å². The molecule has 0 bridgehead atoms. The minimum atomic E-state index is 0.106. The molecule has 0 aromatic heterocycles. The van der Waals surface area contributed by atoms with Crippen LogP contribution in [-0.2, 0) is 6.54 Å². The van der Waals surface area contributed by atoms with E-state index in [-0.39, 0.29) is 5.84 Å². The second kappa shape index (κ2) is 3.88. The van der Waals surface area contributed by atoms with Gasteiger partial charge in [-0.15, -0.1) is 0 Å². The Bertz CT molecular complexity index is 281. The maximum atomic E-state index is 7.29. The lowest BCUT2D eigenvalue weighted by Gasteiger charge is -2.05. The summed E-state index contributed by atoms with van der Waals surface area (Å²) in [6, 6.07) is 7.56. The van der Waals surface area contributed by atoms with Crippen LogP contribution < -0.4 is 11.1 Å². The fourth-order valence-corrected chi connectivity index (χ4v) is 1.09. The molecule has 1 aromatic carbocycles. The van der Waals surface area contributed by atoms with Crippen LogP contribution in [0.25, 0.3) is 0 Å². The van der Waals surface area contributed by atoms with Gasteiger partial charge >= 0.3 is 0 Å². The van der Waals surface area contributed by atoms with Crippen LogP contribution in [0.15, 0.2) is 24.3 Å². The number of nitrogens with one attached hydrogen (secondary N) is 1. The number of nitrogen functional groups attached to an aromatic ring is 1. The maximum Gasteiger partial charge on any atom is 0.123 e. The topological polar surface area (TPSA) is 64.0 Å². The van der Waals surface area contributed by atoms with E-state index in [1.165, 1.54) is 0 Å². The number of amidine groups is 1. The summed E-state index contributed by atoms with van der Waals surface area (Å²) in [5.41, 5.74) is 7.17. The zero-order valence-electron chi connectivity index (χ0n) is 7.04. The third-order valence-electron chi connectivity index (χ3n) is 1.64. The quantitative estimate of drug-likeness (QED) is 0.499. The SMILES string of the molecule is C[N]Cc1ccccc1C(=N)N. The molecule has 0 aliphatic rings. The molecule has 3 N–H and O–H groups in total. The van der Waals surface area contributed by atoms with Crippen molar-refractivity contribution in [3.8, 4) is 0 Å². The maximum absolute atomic E-state index is 7.29. The van der Waals surface area contributed by atoms with E-state index in [9.17, 15) is 0 Å². The first-order valence-electron chi connectivity index (χ1n) is 3.73. The van der Waals surface area contributed by atoms with Gasteiger partial charge in [-0.05, 0) is 5.56 Å². The highest BCUT2D eigenvalue weighted by Crippen LogP contribution is 2.07. The van der Waals surface area contributed by atoms with Gasteiger partial charge in [-0.1, -0.05) is 24.3 Å². The van der Waals surface area contributed by atoms with Crippen molar-refractivity contribution in [2.75, 3.05) is 7.05 Å². The monoisotopic (exact) mass is 162 g/mol. The molecular formula is C9H12N3. The number of nitrogens with two attached hydrogens (primary N) is 1. The molecule has 3 heteroatoms. The van der Waals surface area contributed by atoms with Crippen molar-refractivity contribution in [2.45, 2.75) is 6.54 Å². The third kappa shape index (κ3) is 1.83. The molecule has 0 aliphatic heterocycles. The molecule has 3 nitrogen and oxygen atoms in total. The minimum absolute atomic E-state index is 0.106. The van der Waals surface area contributed by atoms with Crippen molar-refractivity contribution in [3.63, 3.8) is 0 Å². The van der Waals surface area contributed by atoms with Crippen LogP contribution in [0.2, 0.25) is 0 Å². The number of hydrogen-bond acceptors (Lipinski definition) is 1. The molecule has 0 saturated carbocycles. The van der Waals surface area contributed by atoms with Gasteiger partial charge in [0.2, 0.25) is 0 Å². The summed E-state index contributed by atoms with van der Waals surface area (Å²) < 4.78 is 0. The largest absolute Gasteiger partial charge is 0.384 e. The molecule has 0 fully saturated rings. The number of hydrogen-bond donors (Lipinski definition) is 2. The standard InChI is InChI=1S/C9H12N3/c1-12-6-7-4-2-3-5-8(7)9(10)11/h2-5H,6H2,1H3,(H3,10,11). The lowest BCUT2D eigenvalue weighted by atomic mass is 10.1. The van der Waals surface area contributed by atoms with Crippen LogP contribution in [0.3, 0.4) is 0 Å². The Labute approximate surface area is 72.1 Å². The van der Waals surface area contributed by atoms with Gasteiger partial charge in [-0.25, -0.2) is 5.32 Å². The molecule has 0 unspecified atom stereocenters. The molecule has 0 heterocycles. The highest BCUT2D eigenvalue weighted by atomic mass is 14.8. The second-order valence-corrected chi connectivity index (χ2v) is 2.55. The molecule has 12 heavy (non-hydrogen) atoms. The Morgan fingerprint density at radius 3 is 2.75 bits per heavy atom. The molecule has 1 radical (unpaired) electrons. The van der Waals surface area contributed by atoms with Crippen LogP contribution in [0.4, 0.5) is 0 Å². The van der Waals surface area contributed by atoms with E-state index in [4.69, 9.17) is 11.1 Å². The van der Waals surface area contributed by atoms with Crippen molar-refractivity contribution >= 4 is 5.84 Å². The van der Waals surface area contributed by atoms with Gasteiger partial charge in [-0.3, -0.25) is 5.41 Å². The van der Waals surface area contributed by atoms with Gasteiger partial charge < -0.3 is 5.73 Å². The predicted octanol–water partition coefficient (Wildman–Crippen LogP) is 0.705. The fraction of sp³-hybridized carbons (Fsp3) is 0.222. The van der Waals surface area contributed by atoms with E-state index >= 15 is 0 Å². The zero-order valence-corrected chi connectivity index (χ0v) is 7.04. The van der Waals surface area contributed by atoms with Crippen LogP contribution in [0, 0.1) is 5.41 Å². The molecule has 0 amide bonds. The van der Waals surface area contributed by atoms with E-state index in [0.29, 0.717) is 6.54 Å². The average Bonchev–Trinajstić information content (AvgIpc) is 2.05. The van der Waals surface area contributed by atoms with E-state index in [0.717, 1.165) is 11.1 Å². The van der Waals surface area contributed by atoms with Crippen LogP contribution in [0.5, 0.6) is 0 Å². The summed E-state index contributed by atoms with van der Waals surface area (Å²) in [7, 11) is 1.75. The Kier molecular flexibility index (Phi) is 2.82. The molecule has 0 saturated heterocycles. The molecule has 0 aliphatic carbocycles. The second-order valence-electron chi connectivity index (χ2n) is 2.55. The molecule has 1 rings (SSSR count). The molecule has 0 spiro atoms. The van der Waals surface area contributed by atoms with Crippen molar-refractivity contribution < 1.29 is 0 Å². The highest BCUT2D eigenvalue weighted by molar-refractivity contribution is 5.96. The Morgan fingerprint density at radius 2 is 2.17 bits per heavy atom. The van der Waals surface area contributed by atoms with Gasteiger partial charge in [0.15, 0.2) is 0 Å². The first kappa shape index (κ1) is 8.74. The van der Waals surface area contributed by atoms with Crippen molar-refractivity contribution in [2.24, 2.45) is 5.73 Å². The molecular weight excluding hydrogens is 150 g/mol. The lowest BCUT2D eigenvalue weighted by molar-refractivity contribution is 0.798. The smallest absolute Gasteiger partial charge is 0.123 e. The first-order valence-corrected chi connectivity index (χ1v) is 3.73. The highest BCUT2D eigenvalue weighted by Gasteiger charge is 2.02. The summed E-state index contributed by atoms with van der Waals surface area (Å²) in [5.74, 6) is 0.106. The Hall–Kier alpha value is -1.35. The number of benzene rings is 1. The van der Waals surface area contributed by atoms with Gasteiger partial charge in [0.25, 0.3) is 0 Å². The summed E-state index contributed by atoms with van der Waals surface area (Å²) in [6.07, 6.45) is 0. The normalized spacial score (nSPS) is 9.75. The molecule has 63 valence electrons. The van der Waals surface area contributed by atoms with Crippen LogP contribution in [0.1, 0.15) is 11.1 Å². The molecule has 1 aromatic rings. The third-order valence-corrected chi connectivity index (χ3v) is 1.64. The summed E-state index contributed by atoms with van der Waals surface area (Å²) in [6.45, 7) is 0.621. The Morgan fingerprint density at radius 1 is 1.50 bits per heavy atom. The van der Waals surface area contributed by atoms with E-state index in [1.807, 2.05) is 24.3 Å². The molecule has 0 atom stereocenters. The first-order chi connectivity index (χ1) is 5.75. The number of nitrogens with zero attached hydrogens (tertiary/aromatic N) is 1. The van der Waals surface area contributed by atoms with Crippen LogP contribution >= 0.6 is 0 Å². The van der Waals surface area contributed by atoms with E-state index in [2.05, 4.69) is 5.32 Å². The minimum Gasteiger partial charge on any atom is -0.384 e. The van der Waals surface area contributed by atoms with Crippen molar-refractivity contribution in [1.82, 2.24) is 5.32 Å². The zero-order chi connectivity index (χ0) is 8.97. The summed E-state index contributed by atoms with van der Waals surface area (Å²) in [4.78, 5) is 0. The number of rotatable bonds is 3. The average molecular weight is 162 g/mol. The predicted molar refractivity (Wildman–Crippen MR) is 49.2 cm³/mol. The van der Waals surface area contributed by atoms with Gasteiger partial charge in [0.1, 0.15) is 5.84 Å². The van der Waals surface area contributed by atoms with Crippen molar-refractivity contribution in [1.29, 1.82) is 5.41 Å². The van der Waals surface area contributed by atoms with Crippen molar-refractivity contribution in [3.05, 3.63) is 35.4 Å². The van der Waals surface area contributed by atoms with Gasteiger partial charge in [0.05, 0.1) is 0 Å². The Balaban J connectivity index is 3.00.